The number of benzene rings is 1. The first-order valence-electron chi connectivity index (χ1n) is 7.07. The van der Waals surface area contributed by atoms with Crippen molar-refractivity contribution in [2.45, 2.75) is 38.5 Å². The molecule has 1 aromatic rings. The van der Waals surface area contributed by atoms with E-state index in [9.17, 15) is 14.7 Å². The first-order valence-corrected chi connectivity index (χ1v) is 7.07. The Bertz CT molecular complexity index is 534. The lowest BCUT2D eigenvalue weighted by Crippen LogP contribution is -2.47. The fraction of sp³-hybridized carbons (Fsp3) is 0.500. The van der Waals surface area contributed by atoms with Gasteiger partial charge in [0.2, 0.25) is 0 Å². The summed E-state index contributed by atoms with van der Waals surface area (Å²) >= 11 is 0. The largest absolute Gasteiger partial charge is 0.497 e. The fourth-order valence-electron chi connectivity index (χ4n) is 1.82. The Balaban J connectivity index is 2.91. The molecule has 2 atom stereocenters. The number of aliphatic hydroxyl groups is 1. The van der Waals surface area contributed by atoms with E-state index in [0.29, 0.717) is 11.3 Å². The molecule has 7 nitrogen and oxygen atoms in total. The molecule has 0 aliphatic heterocycles. The number of carbonyl (C=O) groups is 2. The fourth-order valence-corrected chi connectivity index (χ4v) is 1.82. The second kappa shape index (κ2) is 7.82. The zero-order valence-electron chi connectivity index (χ0n) is 14.0. The molecule has 0 aromatic heterocycles. The maximum absolute atomic E-state index is 11.9. The van der Waals surface area contributed by atoms with E-state index in [2.05, 4.69) is 10.1 Å². The smallest absolute Gasteiger partial charge is 0.408 e. The summed E-state index contributed by atoms with van der Waals surface area (Å²) in [6.07, 6.45) is -2.11. The second-order valence-corrected chi connectivity index (χ2v) is 5.87. The van der Waals surface area contributed by atoms with E-state index in [1.807, 2.05) is 0 Å². The van der Waals surface area contributed by atoms with Crippen LogP contribution in [0.25, 0.3) is 0 Å². The first kappa shape index (κ1) is 18.8. The Morgan fingerprint density at radius 3 is 2.13 bits per heavy atom. The quantitative estimate of drug-likeness (QED) is 0.802. The van der Waals surface area contributed by atoms with E-state index in [1.54, 1.807) is 45.0 Å². The Morgan fingerprint density at radius 2 is 1.70 bits per heavy atom. The number of hydrogen-bond acceptors (Lipinski definition) is 6. The highest BCUT2D eigenvalue weighted by molar-refractivity contribution is 5.82. The van der Waals surface area contributed by atoms with Gasteiger partial charge in [-0.25, -0.2) is 9.59 Å². The normalized spacial score (nSPS) is 13.7. The molecule has 0 heterocycles. The molecule has 1 rings (SSSR count). The lowest BCUT2D eigenvalue weighted by molar-refractivity contribution is -0.146. The summed E-state index contributed by atoms with van der Waals surface area (Å²) in [5.41, 5.74) is -0.298. The molecular weight excluding hydrogens is 302 g/mol. The number of ether oxygens (including phenoxy) is 3. The average molecular weight is 325 g/mol. The van der Waals surface area contributed by atoms with Crippen LogP contribution >= 0.6 is 0 Å². The topological polar surface area (TPSA) is 94.1 Å². The Hall–Kier alpha value is -2.28. The molecule has 0 radical (unpaired) electrons. The molecule has 128 valence electrons. The lowest BCUT2D eigenvalue weighted by Gasteiger charge is -2.25. The molecule has 0 spiro atoms. The van der Waals surface area contributed by atoms with Crippen molar-refractivity contribution in [2.24, 2.45) is 0 Å². The Kier molecular flexibility index (Phi) is 6.38. The van der Waals surface area contributed by atoms with Crippen LogP contribution in [0.1, 0.15) is 32.4 Å². The number of aliphatic hydroxyl groups excluding tert-OH is 1. The van der Waals surface area contributed by atoms with E-state index in [1.165, 1.54) is 14.2 Å². The average Bonchev–Trinajstić information content (AvgIpc) is 2.49. The molecule has 23 heavy (non-hydrogen) atoms. The number of methoxy groups -OCH3 is 2. The Labute approximate surface area is 135 Å². The highest BCUT2D eigenvalue weighted by atomic mass is 16.6. The molecular formula is C16H23NO6. The monoisotopic (exact) mass is 325 g/mol. The van der Waals surface area contributed by atoms with Crippen molar-refractivity contribution in [1.29, 1.82) is 0 Å². The second-order valence-electron chi connectivity index (χ2n) is 5.87. The van der Waals surface area contributed by atoms with E-state index >= 15 is 0 Å². The van der Waals surface area contributed by atoms with Crippen molar-refractivity contribution < 1.29 is 28.9 Å². The number of rotatable bonds is 5. The predicted molar refractivity (Wildman–Crippen MR) is 83.1 cm³/mol. The van der Waals surface area contributed by atoms with Crippen molar-refractivity contribution in [2.75, 3.05) is 14.2 Å². The van der Waals surface area contributed by atoms with Gasteiger partial charge in [-0.2, -0.15) is 0 Å². The van der Waals surface area contributed by atoms with Crippen molar-refractivity contribution in [1.82, 2.24) is 5.32 Å². The van der Waals surface area contributed by atoms with Crippen LogP contribution < -0.4 is 10.1 Å². The van der Waals surface area contributed by atoms with Crippen LogP contribution in [0.15, 0.2) is 24.3 Å². The molecule has 1 amide bonds. The van der Waals surface area contributed by atoms with Crippen molar-refractivity contribution in [3.8, 4) is 5.75 Å². The molecule has 2 N–H and O–H groups in total. The number of carbonyl (C=O) groups excluding carboxylic acids is 2. The van der Waals surface area contributed by atoms with Crippen LogP contribution in [0, 0.1) is 0 Å². The molecule has 7 heteroatoms. The van der Waals surface area contributed by atoms with Crippen molar-refractivity contribution in [3.63, 3.8) is 0 Å². The number of hydrogen-bond donors (Lipinski definition) is 2. The summed E-state index contributed by atoms with van der Waals surface area (Å²) in [6.45, 7) is 5.08. The summed E-state index contributed by atoms with van der Waals surface area (Å²) in [4.78, 5) is 23.7. The van der Waals surface area contributed by atoms with Gasteiger partial charge in [-0.3, -0.25) is 0 Å². The van der Waals surface area contributed by atoms with Gasteiger partial charge < -0.3 is 24.6 Å². The zero-order valence-corrected chi connectivity index (χ0v) is 14.0. The summed E-state index contributed by atoms with van der Waals surface area (Å²) in [5.74, 6) is -0.171. The van der Waals surface area contributed by atoms with Gasteiger partial charge in [-0.1, -0.05) is 12.1 Å². The van der Waals surface area contributed by atoms with Gasteiger partial charge in [-0.05, 0) is 38.5 Å². The molecule has 0 aliphatic rings. The van der Waals surface area contributed by atoms with Crippen molar-refractivity contribution in [3.05, 3.63) is 29.8 Å². The lowest BCUT2D eigenvalue weighted by atomic mass is 10.0. The molecule has 0 bridgehead atoms. The summed E-state index contributed by atoms with van der Waals surface area (Å²) in [6, 6.07) is 5.18. The SMILES string of the molecule is COC(=O)C(NC(=O)OC(C)(C)C)C(O)c1ccc(OC)cc1. The third-order valence-electron chi connectivity index (χ3n) is 2.90. The van der Waals surface area contributed by atoms with Crippen LogP contribution in [-0.2, 0) is 14.3 Å². The van der Waals surface area contributed by atoms with E-state index in [-0.39, 0.29) is 0 Å². The minimum Gasteiger partial charge on any atom is -0.497 e. The molecule has 0 saturated heterocycles. The summed E-state index contributed by atoms with van der Waals surface area (Å²) < 4.78 is 14.8. The van der Waals surface area contributed by atoms with Crippen LogP contribution in [0.3, 0.4) is 0 Å². The van der Waals surface area contributed by atoms with Crippen LogP contribution in [0.4, 0.5) is 4.79 Å². The third-order valence-corrected chi connectivity index (χ3v) is 2.90. The zero-order chi connectivity index (χ0) is 17.6. The molecule has 0 saturated carbocycles. The van der Waals surface area contributed by atoms with Gasteiger partial charge in [0.15, 0.2) is 6.04 Å². The third kappa shape index (κ3) is 5.78. The minimum absolute atomic E-state index is 0.428. The number of alkyl carbamates (subject to hydrolysis) is 1. The van der Waals surface area contributed by atoms with Gasteiger partial charge in [0.25, 0.3) is 0 Å². The highest BCUT2D eigenvalue weighted by Gasteiger charge is 2.32. The predicted octanol–water partition coefficient (Wildman–Crippen LogP) is 1.79. The maximum atomic E-state index is 11.9. The first-order chi connectivity index (χ1) is 10.7. The number of esters is 1. The Morgan fingerprint density at radius 1 is 1.13 bits per heavy atom. The molecule has 0 aliphatic carbocycles. The minimum atomic E-state index is -1.29. The standard InChI is InChI=1S/C16H23NO6/c1-16(2,3)23-15(20)17-12(14(19)22-5)13(18)10-6-8-11(21-4)9-7-10/h6-9,12-13,18H,1-5H3,(H,17,20). The van der Waals surface area contributed by atoms with Crippen LogP contribution in [0.2, 0.25) is 0 Å². The van der Waals surface area contributed by atoms with Crippen LogP contribution in [0.5, 0.6) is 5.75 Å². The van der Waals surface area contributed by atoms with E-state index in [4.69, 9.17) is 9.47 Å². The van der Waals surface area contributed by atoms with Crippen LogP contribution in [-0.4, -0.2) is 43.0 Å². The van der Waals surface area contributed by atoms with Gasteiger partial charge in [0.05, 0.1) is 14.2 Å². The number of nitrogens with one attached hydrogen (secondary N) is 1. The summed E-state index contributed by atoms with van der Waals surface area (Å²) in [7, 11) is 2.69. The molecule has 1 aromatic carbocycles. The molecule has 2 unspecified atom stereocenters. The van der Waals surface area contributed by atoms with Gasteiger partial charge in [0.1, 0.15) is 17.5 Å². The van der Waals surface area contributed by atoms with Gasteiger partial charge in [0, 0.05) is 0 Å². The number of amides is 1. The van der Waals surface area contributed by atoms with Gasteiger partial charge >= 0.3 is 12.1 Å². The van der Waals surface area contributed by atoms with Crippen molar-refractivity contribution >= 4 is 12.1 Å². The van der Waals surface area contributed by atoms with Gasteiger partial charge in [-0.15, -0.1) is 0 Å². The highest BCUT2D eigenvalue weighted by Crippen LogP contribution is 2.21. The molecule has 0 fully saturated rings. The maximum Gasteiger partial charge on any atom is 0.408 e. The van der Waals surface area contributed by atoms with E-state index < -0.39 is 29.8 Å². The summed E-state index contributed by atoms with van der Waals surface area (Å²) in [5, 5.41) is 12.7. The van der Waals surface area contributed by atoms with E-state index in [0.717, 1.165) is 0 Å².